The Labute approximate surface area is 151 Å². The molecule has 7 heteroatoms. The summed E-state index contributed by atoms with van der Waals surface area (Å²) in [7, 11) is 3.16. The Bertz CT molecular complexity index is 809. The highest BCUT2D eigenvalue weighted by molar-refractivity contribution is 6.00. The van der Waals surface area contributed by atoms with Gasteiger partial charge in [-0.25, -0.2) is 4.79 Å². The normalized spacial score (nSPS) is 16.2. The van der Waals surface area contributed by atoms with Gasteiger partial charge in [-0.3, -0.25) is 9.69 Å². The fourth-order valence-electron chi connectivity index (χ4n) is 2.78. The van der Waals surface area contributed by atoms with E-state index in [0.717, 1.165) is 11.3 Å². The molecule has 2 N–H and O–H groups in total. The molecule has 0 radical (unpaired) electrons. The Morgan fingerprint density at radius 1 is 1.15 bits per heavy atom. The zero-order chi connectivity index (χ0) is 18.5. The van der Waals surface area contributed by atoms with Gasteiger partial charge in [0, 0.05) is 18.3 Å². The predicted octanol–water partition coefficient (Wildman–Crippen LogP) is 1.92. The van der Waals surface area contributed by atoms with Crippen LogP contribution in [0, 0.1) is 0 Å². The topological polar surface area (TPSA) is 79.9 Å². The Morgan fingerprint density at radius 3 is 2.58 bits per heavy atom. The van der Waals surface area contributed by atoms with Crippen LogP contribution in [-0.2, 0) is 11.3 Å². The molecule has 1 heterocycles. The van der Waals surface area contributed by atoms with Crippen molar-refractivity contribution in [3.8, 4) is 11.5 Å². The first-order valence-electron chi connectivity index (χ1n) is 8.23. The third-order valence-electron chi connectivity index (χ3n) is 4.19. The highest BCUT2D eigenvalue weighted by atomic mass is 16.5. The van der Waals surface area contributed by atoms with E-state index in [2.05, 4.69) is 10.6 Å². The van der Waals surface area contributed by atoms with E-state index < -0.39 is 6.04 Å². The standard InChI is InChI=1S/C19H21N3O4/c1-25-15-7-3-5-13(9-15)11-20-18(23)17-12-22(19(24)21-17)14-6-4-8-16(10-14)26-2/h3-10,17H,11-12H2,1-2H3,(H,20,23)(H,21,24). The molecule has 26 heavy (non-hydrogen) atoms. The lowest BCUT2D eigenvalue weighted by atomic mass is 10.2. The SMILES string of the molecule is COc1cccc(CNC(=O)C2CN(c3cccc(OC)c3)C(=O)N2)c1. The number of amides is 3. The molecule has 2 aromatic carbocycles. The summed E-state index contributed by atoms with van der Waals surface area (Å²) in [6.45, 7) is 0.623. The fourth-order valence-corrected chi connectivity index (χ4v) is 2.78. The number of anilines is 1. The Kier molecular flexibility index (Phi) is 5.26. The van der Waals surface area contributed by atoms with E-state index in [4.69, 9.17) is 9.47 Å². The number of urea groups is 1. The molecule has 0 aromatic heterocycles. The number of carbonyl (C=O) groups is 2. The van der Waals surface area contributed by atoms with Crippen molar-refractivity contribution in [3.63, 3.8) is 0 Å². The van der Waals surface area contributed by atoms with Crippen LogP contribution in [0.25, 0.3) is 0 Å². The smallest absolute Gasteiger partial charge is 0.322 e. The van der Waals surface area contributed by atoms with Crippen molar-refractivity contribution in [3.05, 3.63) is 54.1 Å². The van der Waals surface area contributed by atoms with Crippen molar-refractivity contribution in [1.82, 2.24) is 10.6 Å². The maximum Gasteiger partial charge on any atom is 0.322 e. The summed E-state index contributed by atoms with van der Waals surface area (Å²) in [4.78, 5) is 26.2. The molecule has 0 bridgehead atoms. The van der Waals surface area contributed by atoms with Gasteiger partial charge in [-0.2, -0.15) is 0 Å². The third kappa shape index (κ3) is 3.88. The maximum atomic E-state index is 12.4. The second kappa shape index (κ2) is 7.77. The molecular formula is C19H21N3O4. The van der Waals surface area contributed by atoms with Crippen LogP contribution in [-0.4, -0.2) is 38.7 Å². The highest BCUT2D eigenvalue weighted by Gasteiger charge is 2.34. The molecule has 0 aliphatic carbocycles. The number of ether oxygens (including phenoxy) is 2. The third-order valence-corrected chi connectivity index (χ3v) is 4.19. The lowest BCUT2D eigenvalue weighted by Crippen LogP contribution is -2.42. The number of hydrogen-bond acceptors (Lipinski definition) is 4. The first kappa shape index (κ1) is 17.6. The van der Waals surface area contributed by atoms with Crippen LogP contribution in [0.15, 0.2) is 48.5 Å². The number of hydrogen-bond donors (Lipinski definition) is 2. The van der Waals surface area contributed by atoms with Gasteiger partial charge >= 0.3 is 6.03 Å². The molecule has 2 aromatic rings. The molecule has 7 nitrogen and oxygen atoms in total. The summed E-state index contributed by atoms with van der Waals surface area (Å²) in [5, 5.41) is 5.55. The van der Waals surface area contributed by atoms with Gasteiger partial charge < -0.3 is 20.1 Å². The van der Waals surface area contributed by atoms with Crippen LogP contribution in [0.1, 0.15) is 5.56 Å². The number of rotatable bonds is 6. The number of nitrogens with zero attached hydrogens (tertiary/aromatic N) is 1. The molecule has 1 fully saturated rings. The predicted molar refractivity (Wildman–Crippen MR) is 97.5 cm³/mol. The molecule has 1 atom stereocenters. The maximum absolute atomic E-state index is 12.4. The molecule has 0 saturated carbocycles. The quantitative estimate of drug-likeness (QED) is 0.830. The van der Waals surface area contributed by atoms with E-state index in [9.17, 15) is 9.59 Å². The first-order chi connectivity index (χ1) is 12.6. The van der Waals surface area contributed by atoms with Gasteiger partial charge in [0.25, 0.3) is 0 Å². The van der Waals surface area contributed by atoms with Gasteiger partial charge in [0.1, 0.15) is 17.5 Å². The summed E-state index contributed by atoms with van der Waals surface area (Å²) in [5.74, 6) is 1.16. The second-order valence-electron chi connectivity index (χ2n) is 5.88. The van der Waals surface area contributed by atoms with Crippen molar-refractivity contribution >= 4 is 17.6 Å². The summed E-state index contributed by atoms with van der Waals surface area (Å²) < 4.78 is 10.4. The summed E-state index contributed by atoms with van der Waals surface area (Å²) in [6, 6.07) is 13.7. The number of methoxy groups -OCH3 is 2. The van der Waals surface area contributed by atoms with E-state index in [-0.39, 0.29) is 18.5 Å². The van der Waals surface area contributed by atoms with Crippen LogP contribution in [0.3, 0.4) is 0 Å². The molecule has 1 saturated heterocycles. The van der Waals surface area contributed by atoms with Crippen molar-refractivity contribution < 1.29 is 19.1 Å². The van der Waals surface area contributed by atoms with Gasteiger partial charge in [-0.15, -0.1) is 0 Å². The molecule has 3 amide bonds. The van der Waals surface area contributed by atoms with Gasteiger partial charge in [-0.05, 0) is 29.8 Å². The summed E-state index contributed by atoms with van der Waals surface area (Å²) in [5.41, 5.74) is 1.61. The van der Waals surface area contributed by atoms with E-state index >= 15 is 0 Å². The van der Waals surface area contributed by atoms with Crippen molar-refractivity contribution in [2.75, 3.05) is 25.7 Å². The van der Waals surface area contributed by atoms with E-state index in [1.807, 2.05) is 24.3 Å². The van der Waals surface area contributed by atoms with Crippen LogP contribution < -0.4 is 25.0 Å². The number of carbonyl (C=O) groups excluding carboxylic acids is 2. The molecule has 3 rings (SSSR count). The van der Waals surface area contributed by atoms with Crippen LogP contribution >= 0.6 is 0 Å². The average Bonchev–Trinajstić information content (AvgIpc) is 3.08. The Hall–Kier alpha value is -3.22. The summed E-state index contributed by atoms with van der Waals surface area (Å²) >= 11 is 0. The second-order valence-corrected chi connectivity index (χ2v) is 5.88. The van der Waals surface area contributed by atoms with E-state index in [1.165, 1.54) is 4.90 Å². The zero-order valence-corrected chi connectivity index (χ0v) is 14.7. The molecule has 1 unspecified atom stereocenters. The van der Waals surface area contributed by atoms with Gasteiger partial charge in [0.05, 0.1) is 20.8 Å². The Balaban J connectivity index is 1.61. The summed E-state index contributed by atoms with van der Waals surface area (Å²) in [6.07, 6.45) is 0. The van der Waals surface area contributed by atoms with Crippen LogP contribution in [0.2, 0.25) is 0 Å². The zero-order valence-electron chi connectivity index (χ0n) is 14.7. The van der Waals surface area contributed by atoms with Gasteiger partial charge in [0.2, 0.25) is 5.91 Å². The van der Waals surface area contributed by atoms with E-state index in [0.29, 0.717) is 18.0 Å². The van der Waals surface area contributed by atoms with Gasteiger partial charge in [-0.1, -0.05) is 18.2 Å². The van der Waals surface area contributed by atoms with Crippen molar-refractivity contribution in [2.45, 2.75) is 12.6 Å². The number of benzene rings is 2. The van der Waals surface area contributed by atoms with Crippen LogP contribution in [0.4, 0.5) is 10.5 Å². The average molecular weight is 355 g/mol. The lowest BCUT2D eigenvalue weighted by Gasteiger charge is -2.15. The highest BCUT2D eigenvalue weighted by Crippen LogP contribution is 2.23. The minimum Gasteiger partial charge on any atom is -0.497 e. The molecule has 1 aliphatic rings. The lowest BCUT2D eigenvalue weighted by molar-refractivity contribution is -0.122. The molecule has 0 spiro atoms. The number of nitrogens with one attached hydrogen (secondary N) is 2. The Morgan fingerprint density at radius 2 is 1.85 bits per heavy atom. The minimum atomic E-state index is -0.612. The fraction of sp³-hybridized carbons (Fsp3) is 0.263. The van der Waals surface area contributed by atoms with Crippen LogP contribution in [0.5, 0.6) is 11.5 Å². The monoisotopic (exact) mass is 355 g/mol. The largest absolute Gasteiger partial charge is 0.497 e. The molecule has 1 aliphatic heterocycles. The van der Waals surface area contributed by atoms with Gasteiger partial charge in [0.15, 0.2) is 0 Å². The molecular weight excluding hydrogens is 334 g/mol. The molecule has 136 valence electrons. The van der Waals surface area contributed by atoms with Crippen molar-refractivity contribution in [2.24, 2.45) is 0 Å². The van der Waals surface area contributed by atoms with Crippen molar-refractivity contribution in [1.29, 1.82) is 0 Å². The minimum absolute atomic E-state index is 0.230. The first-order valence-corrected chi connectivity index (χ1v) is 8.23. The van der Waals surface area contributed by atoms with E-state index in [1.54, 1.807) is 38.5 Å².